The molecule has 0 aliphatic rings. The van der Waals surface area contributed by atoms with E-state index in [0.29, 0.717) is 0 Å². The van der Waals surface area contributed by atoms with Crippen LogP contribution in [0.5, 0.6) is 0 Å². The van der Waals surface area contributed by atoms with E-state index in [-0.39, 0.29) is 5.82 Å². The van der Waals surface area contributed by atoms with Crippen LogP contribution in [-0.4, -0.2) is 16.5 Å². The highest BCUT2D eigenvalue weighted by Gasteiger charge is 2.07. The monoisotopic (exact) mass is 238 g/mol. The predicted octanol–water partition coefficient (Wildman–Crippen LogP) is 2.37. The van der Waals surface area contributed by atoms with Gasteiger partial charge in [0.2, 0.25) is 5.82 Å². The number of anilines is 1. The molecule has 4 nitrogen and oxygen atoms in total. The molecule has 0 unspecified atom stereocenters. The van der Waals surface area contributed by atoms with E-state index < -0.39 is 0 Å². The Morgan fingerprint density at radius 1 is 1.22 bits per heavy atom. The summed E-state index contributed by atoms with van der Waals surface area (Å²) in [5.41, 5.74) is 1.22. The van der Waals surface area contributed by atoms with Crippen molar-refractivity contribution in [1.82, 2.24) is 9.97 Å². The Balaban J connectivity index is 2.21. The molecule has 1 aromatic heterocycles. The number of nitriles is 1. The van der Waals surface area contributed by atoms with Gasteiger partial charge in [0.1, 0.15) is 11.9 Å². The third kappa shape index (κ3) is 2.83. The van der Waals surface area contributed by atoms with Crippen LogP contribution < -0.4 is 4.90 Å². The zero-order chi connectivity index (χ0) is 12.8. The average Bonchev–Trinajstić information content (AvgIpc) is 2.46. The summed E-state index contributed by atoms with van der Waals surface area (Å²) in [5.74, 6) is 0.993. The molecule has 90 valence electrons. The van der Waals surface area contributed by atoms with Gasteiger partial charge in [0, 0.05) is 19.3 Å². The third-order valence-corrected chi connectivity index (χ3v) is 2.66. The fraction of sp³-hybridized carbons (Fsp3) is 0.214. The van der Waals surface area contributed by atoms with Crippen LogP contribution in [0.4, 0.5) is 5.82 Å². The van der Waals surface area contributed by atoms with E-state index in [4.69, 9.17) is 5.26 Å². The van der Waals surface area contributed by atoms with Crippen molar-refractivity contribution in [2.75, 3.05) is 11.4 Å². The molecule has 0 fully saturated rings. The minimum Gasteiger partial charge on any atom is -0.352 e. The number of hydrogen-bond acceptors (Lipinski definition) is 4. The Hall–Kier alpha value is -2.41. The van der Waals surface area contributed by atoms with Crippen LogP contribution >= 0.6 is 0 Å². The predicted molar refractivity (Wildman–Crippen MR) is 69.9 cm³/mol. The van der Waals surface area contributed by atoms with Gasteiger partial charge in [-0.25, -0.2) is 9.97 Å². The first kappa shape index (κ1) is 12.1. The van der Waals surface area contributed by atoms with Gasteiger partial charge in [0.05, 0.1) is 0 Å². The van der Waals surface area contributed by atoms with Gasteiger partial charge in [-0.15, -0.1) is 0 Å². The van der Waals surface area contributed by atoms with Crippen molar-refractivity contribution < 1.29 is 0 Å². The molecule has 0 N–H and O–H groups in total. The quantitative estimate of drug-likeness (QED) is 0.820. The van der Waals surface area contributed by atoms with E-state index in [0.717, 1.165) is 18.9 Å². The number of nitrogens with zero attached hydrogens (tertiary/aromatic N) is 4. The van der Waals surface area contributed by atoms with E-state index >= 15 is 0 Å². The van der Waals surface area contributed by atoms with Gasteiger partial charge in [0.25, 0.3) is 0 Å². The summed E-state index contributed by atoms with van der Waals surface area (Å²) in [4.78, 5) is 10.2. The second-order valence-corrected chi connectivity index (χ2v) is 3.85. The Kier molecular flexibility index (Phi) is 3.87. The first-order chi connectivity index (χ1) is 8.83. The van der Waals surface area contributed by atoms with Crippen molar-refractivity contribution in [3.8, 4) is 6.07 Å². The van der Waals surface area contributed by atoms with Crippen LogP contribution in [0.15, 0.2) is 42.6 Å². The summed E-state index contributed by atoms with van der Waals surface area (Å²) in [6.45, 7) is 3.67. The molecule has 0 spiro atoms. The van der Waals surface area contributed by atoms with Gasteiger partial charge in [-0.3, -0.25) is 0 Å². The smallest absolute Gasteiger partial charge is 0.234 e. The lowest BCUT2D eigenvalue weighted by Crippen LogP contribution is -2.23. The summed E-state index contributed by atoms with van der Waals surface area (Å²) < 4.78 is 0. The first-order valence-electron chi connectivity index (χ1n) is 5.85. The topological polar surface area (TPSA) is 52.8 Å². The molecule has 4 heteroatoms. The van der Waals surface area contributed by atoms with Gasteiger partial charge < -0.3 is 4.90 Å². The normalized spacial score (nSPS) is 9.78. The standard InChI is InChI=1S/C14H14N4/c1-2-18(11-12-6-4-3-5-7-12)14-8-9-16-13(10-15)17-14/h3-9H,2,11H2,1H3. The second-order valence-electron chi connectivity index (χ2n) is 3.85. The van der Waals surface area contributed by atoms with Crippen molar-refractivity contribution in [2.24, 2.45) is 0 Å². The first-order valence-corrected chi connectivity index (χ1v) is 5.85. The van der Waals surface area contributed by atoms with E-state index in [9.17, 15) is 0 Å². The molecule has 2 rings (SSSR count). The number of aromatic nitrogens is 2. The molecule has 0 aliphatic carbocycles. The lowest BCUT2D eigenvalue weighted by Gasteiger charge is -2.21. The Labute approximate surface area is 107 Å². The van der Waals surface area contributed by atoms with Crippen molar-refractivity contribution in [3.05, 3.63) is 54.0 Å². The molecule has 0 radical (unpaired) electrons. The highest BCUT2D eigenvalue weighted by molar-refractivity contribution is 5.39. The van der Waals surface area contributed by atoms with Gasteiger partial charge in [-0.1, -0.05) is 30.3 Å². The summed E-state index contributed by atoms with van der Waals surface area (Å²) in [5, 5.41) is 8.81. The maximum absolute atomic E-state index is 8.81. The van der Waals surface area contributed by atoms with Crippen LogP contribution in [0.3, 0.4) is 0 Å². The van der Waals surface area contributed by atoms with Gasteiger partial charge in [0.15, 0.2) is 0 Å². The highest BCUT2D eigenvalue weighted by atomic mass is 15.2. The molecule has 1 aromatic carbocycles. The maximum atomic E-state index is 8.81. The zero-order valence-corrected chi connectivity index (χ0v) is 10.2. The van der Waals surface area contributed by atoms with Crippen molar-refractivity contribution in [1.29, 1.82) is 5.26 Å². The Morgan fingerprint density at radius 2 is 2.00 bits per heavy atom. The maximum Gasteiger partial charge on any atom is 0.234 e. The third-order valence-electron chi connectivity index (χ3n) is 2.66. The molecule has 0 saturated carbocycles. The highest BCUT2D eigenvalue weighted by Crippen LogP contribution is 2.13. The van der Waals surface area contributed by atoms with Crippen LogP contribution in [0.25, 0.3) is 0 Å². The zero-order valence-electron chi connectivity index (χ0n) is 10.2. The SMILES string of the molecule is CCN(Cc1ccccc1)c1ccnc(C#N)n1. The van der Waals surface area contributed by atoms with Crippen LogP contribution in [0, 0.1) is 11.3 Å². The lowest BCUT2D eigenvalue weighted by molar-refractivity contribution is 0.808. The van der Waals surface area contributed by atoms with E-state index in [2.05, 4.69) is 33.9 Å². The largest absolute Gasteiger partial charge is 0.352 e. The molecule has 0 amide bonds. The summed E-state index contributed by atoms with van der Waals surface area (Å²) in [6, 6.07) is 14.0. The number of rotatable bonds is 4. The summed E-state index contributed by atoms with van der Waals surface area (Å²) >= 11 is 0. The summed E-state index contributed by atoms with van der Waals surface area (Å²) in [6.07, 6.45) is 1.62. The van der Waals surface area contributed by atoms with Crippen molar-refractivity contribution in [2.45, 2.75) is 13.5 Å². The Morgan fingerprint density at radius 3 is 2.67 bits per heavy atom. The molecular weight excluding hydrogens is 224 g/mol. The van der Waals surface area contributed by atoms with E-state index in [1.165, 1.54) is 5.56 Å². The fourth-order valence-electron chi connectivity index (χ4n) is 1.74. The minimum atomic E-state index is 0.207. The molecule has 2 aromatic rings. The van der Waals surface area contributed by atoms with E-state index in [1.54, 1.807) is 6.20 Å². The molecule has 18 heavy (non-hydrogen) atoms. The van der Waals surface area contributed by atoms with E-state index in [1.807, 2.05) is 30.3 Å². The number of benzene rings is 1. The fourth-order valence-corrected chi connectivity index (χ4v) is 1.74. The van der Waals surface area contributed by atoms with Crippen molar-refractivity contribution in [3.63, 3.8) is 0 Å². The molecule has 1 heterocycles. The van der Waals surface area contributed by atoms with Crippen molar-refractivity contribution >= 4 is 5.82 Å². The summed E-state index contributed by atoms with van der Waals surface area (Å²) in [7, 11) is 0. The van der Waals surface area contributed by atoms with Crippen LogP contribution in [-0.2, 0) is 6.54 Å². The van der Waals surface area contributed by atoms with Gasteiger partial charge >= 0.3 is 0 Å². The minimum absolute atomic E-state index is 0.207. The average molecular weight is 238 g/mol. The Bertz CT molecular complexity index is 545. The van der Waals surface area contributed by atoms with Gasteiger partial charge in [-0.05, 0) is 18.6 Å². The number of hydrogen-bond donors (Lipinski definition) is 0. The molecular formula is C14H14N4. The van der Waals surface area contributed by atoms with Gasteiger partial charge in [-0.2, -0.15) is 5.26 Å². The second kappa shape index (κ2) is 5.78. The molecule has 0 atom stereocenters. The molecule has 0 aliphatic heterocycles. The molecule has 0 saturated heterocycles. The van der Waals surface area contributed by atoms with Crippen LogP contribution in [0.2, 0.25) is 0 Å². The molecule has 0 bridgehead atoms. The van der Waals surface area contributed by atoms with Crippen LogP contribution in [0.1, 0.15) is 18.3 Å². The lowest BCUT2D eigenvalue weighted by atomic mass is 10.2.